The number of ether oxygens (including phenoxy) is 1. The number of alkyl halides is 6. The van der Waals surface area contributed by atoms with E-state index in [1.54, 1.807) is 5.32 Å². The van der Waals surface area contributed by atoms with Crippen LogP contribution in [0.1, 0.15) is 5.56 Å². The van der Waals surface area contributed by atoms with Crippen LogP contribution in [-0.4, -0.2) is 18.4 Å². The molecular formula is C10H5F6NO2. The fourth-order valence-electron chi connectivity index (χ4n) is 1.81. The molecule has 0 aliphatic carbocycles. The first-order chi connectivity index (χ1) is 8.59. The molecule has 104 valence electrons. The van der Waals surface area contributed by atoms with E-state index < -0.39 is 35.3 Å². The van der Waals surface area contributed by atoms with Crippen molar-refractivity contribution in [2.45, 2.75) is 18.0 Å². The smallest absolute Gasteiger partial charge is 0.418 e. The molecule has 9 heteroatoms. The van der Waals surface area contributed by atoms with Crippen LogP contribution < -0.4 is 5.32 Å². The number of nitrogens with one attached hydrogen (secondary N) is 1. The van der Waals surface area contributed by atoms with E-state index >= 15 is 0 Å². The van der Waals surface area contributed by atoms with Gasteiger partial charge in [0, 0.05) is 5.56 Å². The number of halogens is 6. The van der Waals surface area contributed by atoms with Gasteiger partial charge in [-0.2, -0.15) is 26.3 Å². The quantitative estimate of drug-likeness (QED) is 0.740. The normalized spacial score (nSPS) is 18.3. The third-order valence-electron chi connectivity index (χ3n) is 2.59. The fraction of sp³-hybridized carbons (Fsp3) is 0.300. The lowest BCUT2D eigenvalue weighted by Crippen LogP contribution is -2.59. The zero-order valence-corrected chi connectivity index (χ0v) is 8.89. The Morgan fingerprint density at radius 1 is 1.00 bits per heavy atom. The van der Waals surface area contributed by atoms with Gasteiger partial charge in [-0.3, -0.25) is 5.32 Å². The number of para-hydroxylation sites is 1. The van der Waals surface area contributed by atoms with Gasteiger partial charge in [0.1, 0.15) is 0 Å². The van der Waals surface area contributed by atoms with E-state index in [4.69, 9.17) is 0 Å². The Balaban J connectivity index is 2.79. The molecule has 1 aromatic carbocycles. The maximum absolute atomic E-state index is 12.9. The first-order valence-corrected chi connectivity index (χ1v) is 4.82. The predicted molar refractivity (Wildman–Crippen MR) is 50.3 cm³/mol. The molecule has 1 heterocycles. The lowest BCUT2D eigenvalue weighted by Gasteiger charge is -2.40. The molecule has 0 saturated heterocycles. The van der Waals surface area contributed by atoms with Gasteiger partial charge in [-0.1, -0.05) is 18.2 Å². The second-order valence-electron chi connectivity index (χ2n) is 3.74. The molecule has 0 fully saturated rings. The Labute approximate surface area is 102 Å². The highest BCUT2D eigenvalue weighted by atomic mass is 19.4. The summed E-state index contributed by atoms with van der Waals surface area (Å²) in [5.74, 6) is 0. The summed E-state index contributed by atoms with van der Waals surface area (Å²) in [4.78, 5) is 11.0. The highest BCUT2D eigenvalue weighted by Crippen LogP contribution is 2.56. The van der Waals surface area contributed by atoms with Crippen molar-refractivity contribution in [3.63, 3.8) is 0 Å². The van der Waals surface area contributed by atoms with Gasteiger partial charge in [0.05, 0.1) is 5.69 Å². The van der Waals surface area contributed by atoms with E-state index in [0.717, 1.165) is 12.1 Å². The van der Waals surface area contributed by atoms with E-state index in [2.05, 4.69) is 4.74 Å². The van der Waals surface area contributed by atoms with E-state index in [1.165, 1.54) is 6.07 Å². The Kier molecular flexibility index (Phi) is 2.69. The minimum absolute atomic E-state index is 0.589. The molecule has 1 amide bonds. The molecule has 0 atom stereocenters. The summed E-state index contributed by atoms with van der Waals surface area (Å²) >= 11 is 0. The molecule has 1 aliphatic heterocycles. The minimum Gasteiger partial charge on any atom is -0.418 e. The lowest BCUT2D eigenvalue weighted by molar-refractivity contribution is -0.373. The van der Waals surface area contributed by atoms with Crippen molar-refractivity contribution in [1.82, 2.24) is 0 Å². The van der Waals surface area contributed by atoms with Gasteiger partial charge in [0.2, 0.25) is 0 Å². The van der Waals surface area contributed by atoms with Crippen molar-refractivity contribution in [2.75, 3.05) is 5.32 Å². The van der Waals surface area contributed by atoms with Gasteiger partial charge in [-0.25, -0.2) is 4.79 Å². The van der Waals surface area contributed by atoms with Crippen molar-refractivity contribution >= 4 is 11.8 Å². The number of carbonyl (C=O) groups is 1. The average molecular weight is 285 g/mol. The Morgan fingerprint density at radius 3 is 2.05 bits per heavy atom. The summed E-state index contributed by atoms with van der Waals surface area (Å²) in [6, 6.07) is 3.73. The predicted octanol–water partition coefficient (Wildman–Crippen LogP) is 3.57. The number of anilines is 1. The van der Waals surface area contributed by atoms with Crippen LogP contribution in [0.5, 0.6) is 0 Å². The van der Waals surface area contributed by atoms with Crippen molar-refractivity contribution in [1.29, 1.82) is 0 Å². The summed E-state index contributed by atoms with van der Waals surface area (Å²) in [5, 5.41) is 1.80. The number of benzene rings is 1. The maximum atomic E-state index is 12.9. The molecule has 1 N–H and O–H groups in total. The van der Waals surface area contributed by atoms with Crippen molar-refractivity contribution in [3.8, 4) is 0 Å². The van der Waals surface area contributed by atoms with Gasteiger partial charge in [0.15, 0.2) is 0 Å². The Hall–Kier alpha value is -1.93. The molecule has 0 aromatic heterocycles. The molecule has 2 rings (SSSR count). The van der Waals surface area contributed by atoms with E-state index in [1.807, 2.05) is 0 Å². The number of rotatable bonds is 0. The summed E-state index contributed by atoms with van der Waals surface area (Å²) in [5.41, 5.74) is -6.44. The molecule has 3 nitrogen and oxygen atoms in total. The molecule has 0 bridgehead atoms. The molecule has 19 heavy (non-hydrogen) atoms. The lowest BCUT2D eigenvalue weighted by atomic mass is 9.89. The van der Waals surface area contributed by atoms with Crippen LogP contribution in [0.25, 0.3) is 0 Å². The number of carbonyl (C=O) groups excluding carboxylic acids is 1. The highest BCUT2D eigenvalue weighted by Gasteiger charge is 2.77. The molecule has 0 radical (unpaired) electrons. The summed E-state index contributed by atoms with van der Waals surface area (Å²) in [6.07, 6.45) is -13.5. The first-order valence-electron chi connectivity index (χ1n) is 4.82. The molecule has 1 aromatic rings. The molecule has 0 spiro atoms. The highest BCUT2D eigenvalue weighted by molar-refractivity contribution is 5.89. The molecular weight excluding hydrogens is 280 g/mol. The zero-order valence-electron chi connectivity index (χ0n) is 8.89. The molecule has 0 saturated carbocycles. The van der Waals surface area contributed by atoms with Gasteiger partial charge < -0.3 is 4.74 Å². The van der Waals surface area contributed by atoms with E-state index in [9.17, 15) is 31.1 Å². The standard InChI is InChI=1S/C10H5F6NO2/c11-9(12,13)8(10(14,15)16)5-3-1-2-4-6(5)17-7(18)19-8/h1-4H,(H,17,18). The number of hydrogen-bond donors (Lipinski definition) is 1. The monoisotopic (exact) mass is 285 g/mol. The number of fused-ring (bicyclic) bond motifs is 1. The fourth-order valence-corrected chi connectivity index (χ4v) is 1.81. The number of amides is 1. The Bertz CT molecular complexity index is 507. The topological polar surface area (TPSA) is 38.3 Å². The largest absolute Gasteiger partial charge is 0.442 e. The Morgan fingerprint density at radius 2 is 1.53 bits per heavy atom. The third kappa shape index (κ3) is 1.80. The van der Waals surface area contributed by atoms with E-state index in [0.29, 0.717) is 6.07 Å². The zero-order chi connectivity index (χ0) is 14.5. The van der Waals surface area contributed by atoms with Crippen LogP contribution in [-0.2, 0) is 10.3 Å². The number of hydrogen-bond acceptors (Lipinski definition) is 2. The van der Waals surface area contributed by atoms with Crippen LogP contribution in [0.2, 0.25) is 0 Å². The van der Waals surface area contributed by atoms with Crippen molar-refractivity contribution in [3.05, 3.63) is 29.8 Å². The van der Waals surface area contributed by atoms with Crippen LogP contribution in [0.4, 0.5) is 36.8 Å². The maximum Gasteiger partial charge on any atom is 0.442 e. The SMILES string of the molecule is O=C1Nc2ccccc2C(C(F)(F)F)(C(F)(F)F)O1. The summed E-state index contributed by atoms with van der Waals surface area (Å²) in [6.45, 7) is 0. The van der Waals surface area contributed by atoms with Crippen LogP contribution in [0.3, 0.4) is 0 Å². The van der Waals surface area contributed by atoms with Gasteiger partial charge >= 0.3 is 24.0 Å². The van der Waals surface area contributed by atoms with Crippen molar-refractivity contribution in [2.24, 2.45) is 0 Å². The summed E-state index contributed by atoms with van der Waals surface area (Å²) < 4.78 is 81.1. The van der Waals surface area contributed by atoms with Crippen LogP contribution in [0, 0.1) is 0 Å². The second-order valence-corrected chi connectivity index (χ2v) is 3.74. The molecule has 1 aliphatic rings. The van der Waals surface area contributed by atoms with Gasteiger partial charge in [0.25, 0.3) is 0 Å². The first kappa shape index (κ1) is 13.5. The molecule has 0 unspecified atom stereocenters. The number of cyclic esters (lactones) is 1. The third-order valence-corrected chi connectivity index (χ3v) is 2.59. The summed E-state index contributed by atoms with van der Waals surface area (Å²) in [7, 11) is 0. The second kappa shape index (κ2) is 3.78. The van der Waals surface area contributed by atoms with Gasteiger partial charge in [-0.15, -0.1) is 0 Å². The van der Waals surface area contributed by atoms with E-state index in [-0.39, 0.29) is 0 Å². The minimum atomic E-state index is -5.83. The van der Waals surface area contributed by atoms with Gasteiger partial charge in [-0.05, 0) is 6.07 Å². The average Bonchev–Trinajstić information content (AvgIpc) is 2.24. The van der Waals surface area contributed by atoms with Crippen molar-refractivity contribution < 1.29 is 35.9 Å². The van der Waals surface area contributed by atoms with Crippen LogP contribution in [0.15, 0.2) is 24.3 Å². The van der Waals surface area contributed by atoms with Crippen LogP contribution >= 0.6 is 0 Å².